The standard InChI is InChI=1S/C25H32N2O6S/c1-18(26-34(30,31)23-11-9-22(32-3)10-12-23)25(29)33-19(2)24(28)27-15-13-21(14-16-27)17-20-7-5-4-6-8-20/h4-12,18-19,21,26H,13-17H2,1-3H3/t18-,19?/m0/s1. The SMILES string of the molecule is COc1ccc(S(=O)(=O)N[C@@H](C)C(=O)OC(C)C(=O)N2CCC(Cc3ccccc3)CC2)cc1. The first-order chi connectivity index (χ1) is 16.2. The first-order valence-corrected chi connectivity index (χ1v) is 12.9. The number of nitrogens with zero attached hydrogens (tertiary/aromatic N) is 1. The van der Waals surface area contributed by atoms with Gasteiger partial charge in [0.15, 0.2) is 6.10 Å². The van der Waals surface area contributed by atoms with E-state index in [1.807, 2.05) is 18.2 Å². The molecule has 2 aromatic carbocycles. The molecule has 1 N–H and O–H groups in total. The fourth-order valence-corrected chi connectivity index (χ4v) is 5.18. The monoisotopic (exact) mass is 488 g/mol. The topological polar surface area (TPSA) is 102 Å². The van der Waals surface area contributed by atoms with Crippen molar-refractivity contribution in [1.82, 2.24) is 9.62 Å². The molecule has 3 rings (SSSR count). The lowest BCUT2D eigenvalue weighted by atomic mass is 9.90. The Morgan fingerprint density at radius 2 is 1.65 bits per heavy atom. The zero-order valence-electron chi connectivity index (χ0n) is 19.8. The van der Waals surface area contributed by atoms with Gasteiger partial charge in [0.05, 0.1) is 12.0 Å². The van der Waals surface area contributed by atoms with Crippen LogP contribution in [0.4, 0.5) is 0 Å². The van der Waals surface area contributed by atoms with Crippen LogP contribution in [0.25, 0.3) is 0 Å². The number of carbonyl (C=O) groups is 2. The van der Waals surface area contributed by atoms with Crippen LogP contribution in [0.3, 0.4) is 0 Å². The quantitative estimate of drug-likeness (QED) is 0.545. The minimum atomic E-state index is -3.94. The Kier molecular flexibility index (Phi) is 8.68. The lowest BCUT2D eigenvalue weighted by Gasteiger charge is -2.33. The van der Waals surface area contributed by atoms with Crippen molar-refractivity contribution >= 4 is 21.9 Å². The Labute approximate surface area is 201 Å². The molecule has 0 aromatic heterocycles. The van der Waals surface area contributed by atoms with Crippen LogP contribution in [-0.4, -0.2) is 57.5 Å². The van der Waals surface area contributed by atoms with Gasteiger partial charge in [-0.1, -0.05) is 30.3 Å². The lowest BCUT2D eigenvalue weighted by Crippen LogP contribution is -2.47. The maximum Gasteiger partial charge on any atom is 0.324 e. The summed E-state index contributed by atoms with van der Waals surface area (Å²) >= 11 is 0. The van der Waals surface area contributed by atoms with Crippen molar-refractivity contribution in [1.29, 1.82) is 0 Å². The normalized spacial score (nSPS) is 16.5. The molecule has 1 saturated heterocycles. The fraction of sp³-hybridized carbons (Fsp3) is 0.440. The van der Waals surface area contributed by atoms with Gasteiger partial charge in [0.1, 0.15) is 11.8 Å². The maximum atomic E-state index is 12.8. The van der Waals surface area contributed by atoms with Gasteiger partial charge in [-0.05, 0) is 68.9 Å². The number of amides is 1. The van der Waals surface area contributed by atoms with Crippen molar-refractivity contribution in [3.8, 4) is 5.75 Å². The summed E-state index contributed by atoms with van der Waals surface area (Å²) in [5.41, 5.74) is 1.29. The number of likely N-dealkylation sites (tertiary alicyclic amines) is 1. The number of esters is 1. The summed E-state index contributed by atoms with van der Waals surface area (Å²) < 4.78 is 37.7. The van der Waals surface area contributed by atoms with E-state index in [9.17, 15) is 18.0 Å². The molecule has 0 aliphatic carbocycles. The zero-order valence-corrected chi connectivity index (χ0v) is 20.6. The third kappa shape index (κ3) is 6.80. The van der Waals surface area contributed by atoms with Crippen LogP contribution < -0.4 is 9.46 Å². The van der Waals surface area contributed by atoms with Crippen LogP contribution in [0.5, 0.6) is 5.75 Å². The fourth-order valence-electron chi connectivity index (χ4n) is 3.99. The Morgan fingerprint density at radius 1 is 1.03 bits per heavy atom. The van der Waals surface area contributed by atoms with Crippen molar-refractivity contribution in [2.75, 3.05) is 20.2 Å². The highest BCUT2D eigenvalue weighted by Crippen LogP contribution is 2.22. The average molecular weight is 489 g/mol. The summed E-state index contributed by atoms with van der Waals surface area (Å²) in [6, 6.07) is 14.9. The predicted molar refractivity (Wildman–Crippen MR) is 128 cm³/mol. The summed E-state index contributed by atoms with van der Waals surface area (Å²) in [6.45, 7) is 4.12. The van der Waals surface area contributed by atoms with E-state index in [0.717, 1.165) is 19.3 Å². The Balaban J connectivity index is 1.48. The van der Waals surface area contributed by atoms with Gasteiger partial charge >= 0.3 is 5.97 Å². The van der Waals surface area contributed by atoms with Gasteiger partial charge < -0.3 is 14.4 Å². The Morgan fingerprint density at radius 3 is 2.24 bits per heavy atom. The van der Waals surface area contributed by atoms with Gasteiger partial charge in [-0.25, -0.2) is 8.42 Å². The summed E-state index contributed by atoms with van der Waals surface area (Å²) in [5.74, 6) is -0.0480. The Bertz CT molecular complexity index is 1060. The molecule has 1 amide bonds. The van der Waals surface area contributed by atoms with Crippen LogP contribution in [0.1, 0.15) is 32.3 Å². The van der Waals surface area contributed by atoms with Crippen molar-refractivity contribution in [2.45, 2.75) is 50.2 Å². The first-order valence-electron chi connectivity index (χ1n) is 11.4. The van der Waals surface area contributed by atoms with E-state index in [4.69, 9.17) is 9.47 Å². The summed E-state index contributed by atoms with van der Waals surface area (Å²) in [4.78, 5) is 27.0. The molecular weight excluding hydrogens is 456 g/mol. The van der Waals surface area contributed by atoms with Crippen LogP contribution in [0.15, 0.2) is 59.5 Å². The number of sulfonamides is 1. The number of ether oxygens (including phenoxy) is 2. The van der Waals surface area contributed by atoms with Crippen molar-refractivity contribution < 1.29 is 27.5 Å². The number of piperidine rings is 1. The number of rotatable bonds is 9. The first kappa shape index (κ1) is 25.7. The Hall–Kier alpha value is -2.91. The number of benzene rings is 2. The van der Waals surface area contributed by atoms with Crippen molar-refractivity contribution in [3.05, 3.63) is 60.2 Å². The molecule has 0 radical (unpaired) electrons. The molecule has 1 aliphatic heterocycles. The smallest absolute Gasteiger partial charge is 0.324 e. The second kappa shape index (κ2) is 11.5. The van der Waals surface area contributed by atoms with Gasteiger partial charge in [-0.3, -0.25) is 9.59 Å². The average Bonchev–Trinajstić information content (AvgIpc) is 2.84. The number of nitrogens with one attached hydrogen (secondary N) is 1. The second-order valence-corrected chi connectivity index (χ2v) is 10.3. The highest BCUT2D eigenvalue weighted by molar-refractivity contribution is 7.89. The maximum absolute atomic E-state index is 12.8. The molecule has 1 heterocycles. The molecule has 9 heteroatoms. The molecule has 0 bridgehead atoms. The van der Waals surface area contributed by atoms with E-state index in [2.05, 4.69) is 16.9 Å². The molecule has 1 unspecified atom stereocenters. The van der Waals surface area contributed by atoms with E-state index in [1.165, 1.54) is 50.8 Å². The highest BCUT2D eigenvalue weighted by atomic mass is 32.2. The van der Waals surface area contributed by atoms with Crippen LogP contribution >= 0.6 is 0 Å². The van der Waals surface area contributed by atoms with Gasteiger partial charge in [0.2, 0.25) is 10.0 Å². The number of methoxy groups -OCH3 is 1. The molecule has 1 fully saturated rings. The predicted octanol–water partition coefficient (Wildman–Crippen LogP) is 2.78. The molecule has 8 nitrogen and oxygen atoms in total. The van der Waals surface area contributed by atoms with Crippen LogP contribution in [0, 0.1) is 5.92 Å². The van der Waals surface area contributed by atoms with Gasteiger partial charge in [-0.15, -0.1) is 0 Å². The number of hydrogen-bond donors (Lipinski definition) is 1. The molecule has 2 aromatic rings. The molecule has 2 atom stereocenters. The van der Waals surface area contributed by atoms with Crippen molar-refractivity contribution in [3.63, 3.8) is 0 Å². The van der Waals surface area contributed by atoms with Gasteiger partial charge in [-0.2, -0.15) is 4.72 Å². The zero-order chi connectivity index (χ0) is 24.7. The van der Waals surface area contributed by atoms with E-state index in [0.29, 0.717) is 24.8 Å². The number of hydrogen-bond acceptors (Lipinski definition) is 6. The van der Waals surface area contributed by atoms with Crippen LogP contribution in [-0.2, 0) is 30.8 Å². The molecule has 0 saturated carbocycles. The van der Waals surface area contributed by atoms with E-state index < -0.39 is 28.1 Å². The van der Waals surface area contributed by atoms with E-state index in [-0.39, 0.29) is 10.8 Å². The summed E-state index contributed by atoms with van der Waals surface area (Å²) in [7, 11) is -2.46. The van der Waals surface area contributed by atoms with Gasteiger partial charge in [0.25, 0.3) is 5.91 Å². The molecule has 0 spiro atoms. The largest absolute Gasteiger partial charge is 0.497 e. The molecular formula is C25H32N2O6S. The summed E-state index contributed by atoms with van der Waals surface area (Å²) in [5, 5.41) is 0. The highest BCUT2D eigenvalue weighted by Gasteiger charge is 2.30. The minimum Gasteiger partial charge on any atom is -0.497 e. The van der Waals surface area contributed by atoms with Gasteiger partial charge in [0, 0.05) is 13.1 Å². The van der Waals surface area contributed by atoms with Crippen LogP contribution in [0.2, 0.25) is 0 Å². The van der Waals surface area contributed by atoms with E-state index in [1.54, 1.807) is 4.90 Å². The third-order valence-electron chi connectivity index (χ3n) is 5.99. The second-order valence-electron chi connectivity index (χ2n) is 8.56. The third-order valence-corrected chi connectivity index (χ3v) is 7.55. The summed E-state index contributed by atoms with van der Waals surface area (Å²) in [6.07, 6.45) is 1.77. The number of carbonyl (C=O) groups excluding carboxylic acids is 2. The lowest BCUT2D eigenvalue weighted by molar-refractivity contribution is -0.160. The molecule has 34 heavy (non-hydrogen) atoms. The molecule has 1 aliphatic rings. The van der Waals surface area contributed by atoms with Crippen molar-refractivity contribution in [2.24, 2.45) is 5.92 Å². The minimum absolute atomic E-state index is 0.00421. The van der Waals surface area contributed by atoms with E-state index >= 15 is 0 Å². The molecule has 184 valence electrons.